The van der Waals surface area contributed by atoms with Crippen molar-refractivity contribution in [1.29, 1.82) is 0 Å². The molecule has 0 heterocycles. The van der Waals surface area contributed by atoms with Gasteiger partial charge in [-0.1, -0.05) is 0 Å². The summed E-state index contributed by atoms with van der Waals surface area (Å²) in [6.45, 7) is 3.36. The van der Waals surface area contributed by atoms with Crippen LogP contribution in [-0.2, 0) is 4.79 Å². The molecular formula is C13H15FN2O5. The predicted octanol–water partition coefficient (Wildman–Crippen LogP) is 1.14. The van der Waals surface area contributed by atoms with Crippen LogP contribution < -0.4 is 15.4 Å². The van der Waals surface area contributed by atoms with Crippen molar-refractivity contribution in [1.82, 2.24) is 10.6 Å². The first-order valence-electron chi connectivity index (χ1n) is 6.13. The standard InChI is InChI=1S/C13H15FN2O5/c1-3-15-13(20)16-11(17)7(2)21-10-5-4-8(12(18)19)6-9(10)14/h4-7H,3H2,1-2H3,(H,18,19)(H2,15,16,17,20). The van der Waals surface area contributed by atoms with Gasteiger partial charge in [0, 0.05) is 6.54 Å². The molecule has 8 heteroatoms. The Morgan fingerprint density at radius 2 is 2.05 bits per heavy atom. The smallest absolute Gasteiger partial charge is 0.335 e. The van der Waals surface area contributed by atoms with E-state index < -0.39 is 29.8 Å². The van der Waals surface area contributed by atoms with Gasteiger partial charge >= 0.3 is 12.0 Å². The van der Waals surface area contributed by atoms with Crippen LogP contribution in [0.2, 0.25) is 0 Å². The van der Waals surface area contributed by atoms with E-state index in [-0.39, 0.29) is 11.3 Å². The van der Waals surface area contributed by atoms with Crippen LogP contribution in [0.5, 0.6) is 5.75 Å². The fourth-order valence-corrected chi connectivity index (χ4v) is 1.39. The van der Waals surface area contributed by atoms with Crippen molar-refractivity contribution >= 4 is 17.9 Å². The van der Waals surface area contributed by atoms with E-state index in [1.807, 2.05) is 5.32 Å². The van der Waals surface area contributed by atoms with Crippen LogP contribution in [0.4, 0.5) is 9.18 Å². The third kappa shape index (κ3) is 4.75. The molecule has 0 aliphatic heterocycles. The number of carboxylic acid groups (broad SMARTS) is 1. The number of urea groups is 1. The van der Waals surface area contributed by atoms with E-state index in [4.69, 9.17) is 9.84 Å². The van der Waals surface area contributed by atoms with E-state index in [0.717, 1.165) is 18.2 Å². The Hall–Kier alpha value is -2.64. The van der Waals surface area contributed by atoms with Gasteiger partial charge in [0.05, 0.1) is 5.56 Å². The van der Waals surface area contributed by atoms with Gasteiger partial charge < -0.3 is 15.2 Å². The molecule has 1 aromatic rings. The lowest BCUT2D eigenvalue weighted by molar-refractivity contribution is -0.126. The van der Waals surface area contributed by atoms with Crippen LogP contribution in [0.25, 0.3) is 0 Å². The largest absolute Gasteiger partial charge is 0.478 e. The Balaban J connectivity index is 2.70. The van der Waals surface area contributed by atoms with Crippen molar-refractivity contribution in [3.8, 4) is 5.75 Å². The number of hydrogen-bond donors (Lipinski definition) is 3. The number of aromatic carboxylic acids is 1. The summed E-state index contributed by atoms with van der Waals surface area (Å²) in [6.07, 6.45) is -1.13. The number of benzene rings is 1. The lowest BCUT2D eigenvalue weighted by Crippen LogP contribution is -2.45. The molecule has 1 rings (SSSR count). The molecule has 0 saturated heterocycles. The third-order valence-corrected chi connectivity index (χ3v) is 2.43. The second kappa shape index (κ2) is 7.22. The van der Waals surface area contributed by atoms with E-state index in [2.05, 4.69) is 5.32 Å². The maximum absolute atomic E-state index is 13.6. The monoisotopic (exact) mass is 298 g/mol. The average Bonchev–Trinajstić information content (AvgIpc) is 2.40. The maximum Gasteiger partial charge on any atom is 0.335 e. The van der Waals surface area contributed by atoms with Gasteiger partial charge in [0.1, 0.15) is 0 Å². The van der Waals surface area contributed by atoms with Crippen molar-refractivity contribution in [2.24, 2.45) is 0 Å². The van der Waals surface area contributed by atoms with Gasteiger partial charge in [-0.3, -0.25) is 10.1 Å². The molecule has 1 aromatic carbocycles. The average molecular weight is 298 g/mol. The molecule has 0 saturated carbocycles. The molecule has 1 atom stereocenters. The van der Waals surface area contributed by atoms with E-state index in [9.17, 15) is 18.8 Å². The van der Waals surface area contributed by atoms with Crippen molar-refractivity contribution in [3.05, 3.63) is 29.6 Å². The Morgan fingerprint density at radius 1 is 1.38 bits per heavy atom. The van der Waals surface area contributed by atoms with Crippen LogP contribution in [0.3, 0.4) is 0 Å². The van der Waals surface area contributed by atoms with Gasteiger partial charge in [-0.25, -0.2) is 14.0 Å². The molecule has 0 radical (unpaired) electrons. The van der Waals surface area contributed by atoms with Crippen LogP contribution in [0.1, 0.15) is 24.2 Å². The highest BCUT2D eigenvalue weighted by Crippen LogP contribution is 2.19. The Bertz CT molecular complexity index is 561. The van der Waals surface area contributed by atoms with Gasteiger partial charge in [0.2, 0.25) is 0 Å². The number of rotatable bonds is 5. The van der Waals surface area contributed by atoms with E-state index in [1.54, 1.807) is 6.92 Å². The number of carboxylic acids is 1. The molecule has 21 heavy (non-hydrogen) atoms. The number of imide groups is 1. The first-order chi connectivity index (χ1) is 9.85. The number of carbonyl (C=O) groups excluding carboxylic acids is 2. The first kappa shape index (κ1) is 16.4. The number of ether oxygens (including phenoxy) is 1. The fourth-order valence-electron chi connectivity index (χ4n) is 1.39. The maximum atomic E-state index is 13.6. The number of halogens is 1. The summed E-state index contributed by atoms with van der Waals surface area (Å²) in [5, 5.41) is 13.1. The molecule has 3 amide bonds. The van der Waals surface area contributed by atoms with Crippen molar-refractivity contribution < 1.29 is 28.6 Å². The van der Waals surface area contributed by atoms with Crippen molar-refractivity contribution in [2.75, 3.05) is 6.54 Å². The lowest BCUT2D eigenvalue weighted by Gasteiger charge is -2.14. The van der Waals surface area contributed by atoms with E-state index in [1.165, 1.54) is 6.92 Å². The Morgan fingerprint density at radius 3 is 2.57 bits per heavy atom. The van der Waals surface area contributed by atoms with Crippen LogP contribution in [-0.4, -0.2) is 35.7 Å². The minimum absolute atomic E-state index is 0.237. The summed E-state index contributed by atoms with van der Waals surface area (Å²) in [6, 6.07) is 2.36. The minimum Gasteiger partial charge on any atom is -0.478 e. The summed E-state index contributed by atoms with van der Waals surface area (Å²) in [7, 11) is 0. The lowest BCUT2D eigenvalue weighted by atomic mass is 10.2. The van der Waals surface area contributed by atoms with Crippen LogP contribution in [0, 0.1) is 5.82 Å². The van der Waals surface area contributed by atoms with Crippen LogP contribution >= 0.6 is 0 Å². The number of hydrogen-bond acceptors (Lipinski definition) is 4. The number of amides is 3. The van der Waals surface area contributed by atoms with E-state index in [0.29, 0.717) is 6.54 Å². The number of carbonyl (C=O) groups is 3. The summed E-state index contributed by atoms with van der Waals surface area (Å²) in [4.78, 5) is 33.4. The van der Waals surface area contributed by atoms with Gasteiger partial charge in [-0.05, 0) is 32.0 Å². The number of nitrogens with one attached hydrogen (secondary N) is 2. The third-order valence-electron chi connectivity index (χ3n) is 2.43. The van der Waals surface area contributed by atoms with E-state index >= 15 is 0 Å². The summed E-state index contributed by atoms with van der Waals surface area (Å²) < 4.78 is 18.7. The van der Waals surface area contributed by atoms with Crippen molar-refractivity contribution in [2.45, 2.75) is 20.0 Å². The predicted molar refractivity (Wildman–Crippen MR) is 70.7 cm³/mol. The normalized spacial score (nSPS) is 11.4. The molecule has 114 valence electrons. The second-order valence-electron chi connectivity index (χ2n) is 4.06. The fraction of sp³-hybridized carbons (Fsp3) is 0.308. The molecule has 0 aromatic heterocycles. The zero-order chi connectivity index (χ0) is 16.0. The topological polar surface area (TPSA) is 105 Å². The SMILES string of the molecule is CCNC(=O)NC(=O)C(C)Oc1ccc(C(=O)O)cc1F. The summed E-state index contributed by atoms with van der Waals surface area (Å²) in [5.74, 6) is -3.21. The molecule has 0 spiro atoms. The van der Waals surface area contributed by atoms with Gasteiger partial charge in [-0.15, -0.1) is 0 Å². The quantitative estimate of drug-likeness (QED) is 0.756. The highest BCUT2D eigenvalue weighted by atomic mass is 19.1. The molecule has 0 aliphatic rings. The van der Waals surface area contributed by atoms with Crippen LogP contribution in [0.15, 0.2) is 18.2 Å². The van der Waals surface area contributed by atoms with Gasteiger partial charge in [-0.2, -0.15) is 0 Å². The molecule has 1 unspecified atom stereocenters. The van der Waals surface area contributed by atoms with Crippen molar-refractivity contribution in [3.63, 3.8) is 0 Å². The Labute approximate surface area is 120 Å². The Kier molecular flexibility index (Phi) is 5.65. The minimum atomic E-state index is -1.28. The second-order valence-corrected chi connectivity index (χ2v) is 4.06. The molecule has 7 nitrogen and oxygen atoms in total. The van der Waals surface area contributed by atoms with Gasteiger partial charge in [0.15, 0.2) is 17.7 Å². The summed E-state index contributed by atoms with van der Waals surface area (Å²) in [5.41, 5.74) is -0.237. The molecule has 0 fully saturated rings. The first-order valence-corrected chi connectivity index (χ1v) is 6.13. The summed E-state index contributed by atoms with van der Waals surface area (Å²) >= 11 is 0. The highest BCUT2D eigenvalue weighted by Gasteiger charge is 2.19. The molecule has 0 bridgehead atoms. The highest BCUT2D eigenvalue weighted by molar-refractivity contribution is 5.96. The zero-order valence-corrected chi connectivity index (χ0v) is 11.5. The molecule has 0 aliphatic carbocycles. The zero-order valence-electron chi connectivity index (χ0n) is 11.5. The molecule has 3 N–H and O–H groups in total. The molecular weight excluding hydrogens is 283 g/mol. The van der Waals surface area contributed by atoms with Gasteiger partial charge in [0.25, 0.3) is 5.91 Å².